The quantitative estimate of drug-likeness (QED) is 0.0882. The number of aliphatic carboxylic acids is 2. The van der Waals surface area contributed by atoms with Crippen LogP contribution in [0.5, 0.6) is 0 Å². The number of carboxylic acids is 2. The van der Waals surface area contributed by atoms with Crippen molar-refractivity contribution >= 4 is 53.2 Å². The zero-order chi connectivity index (χ0) is 27.1. The molecule has 0 aliphatic heterocycles. The Kier molecular flexibility index (Phi) is 14.7. The molecule has 0 radical (unpaired) electrons. The summed E-state index contributed by atoms with van der Waals surface area (Å²) in [5, 5.41) is 24.9. The van der Waals surface area contributed by atoms with E-state index in [4.69, 9.17) is 22.3 Å². The smallest absolute Gasteiger partial charge is 0.326 e. The highest BCUT2D eigenvalue weighted by molar-refractivity contribution is 7.98. The van der Waals surface area contributed by atoms with E-state index in [9.17, 15) is 38.7 Å². The topological polar surface area (TPSA) is 274 Å². The molecule has 0 saturated carbocycles. The average Bonchev–Trinajstić information content (AvgIpc) is 2.76. The van der Waals surface area contributed by atoms with Crippen molar-refractivity contribution in [1.29, 1.82) is 0 Å². The van der Waals surface area contributed by atoms with Crippen molar-refractivity contribution in [2.45, 2.75) is 62.7 Å². The second-order valence-corrected chi connectivity index (χ2v) is 8.50. The minimum Gasteiger partial charge on any atom is -0.481 e. The van der Waals surface area contributed by atoms with Crippen LogP contribution >= 0.6 is 11.8 Å². The molecule has 0 aliphatic rings. The molecule has 0 aromatic carbocycles. The number of nitrogens with two attached hydrogens (primary N) is 3. The maximum absolute atomic E-state index is 12.9. The molecule has 35 heavy (non-hydrogen) atoms. The Morgan fingerprint density at radius 3 is 1.71 bits per heavy atom. The Labute approximate surface area is 205 Å². The van der Waals surface area contributed by atoms with E-state index in [1.54, 1.807) is 6.26 Å². The molecule has 4 atom stereocenters. The number of amides is 5. The minimum absolute atomic E-state index is 0.0574. The molecule has 0 rings (SSSR count). The van der Waals surface area contributed by atoms with E-state index in [-0.39, 0.29) is 19.3 Å². The van der Waals surface area contributed by atoms with Crippen LogP contribution in [0.25, 0.3) is 0 Å². The van der Waals surface area contributed by atoms with Crippen LogP contribution in [-0.2, 0) is 33.6 Å². The van der Waals surface area contributed by atoms with Gasteiger partial charge in [0.25, 0.3) is 0 Å². The summed E-state index contributed by atoms with van der Waals surface area (Å²) in [5.41, 5.74) is 15.7. The van der Waals surface area contributed by atoms with Gasteiger partial charge in [-0.05, 0) is 31.3 Å². The fourth-order valence-electron chi connectivity index (χ4n) is 2.69. The first-order valence-electron chi connectivity index (χ1n) is 10.4. The summed E-state index contributed by atoms with van der Waals surface area (Å²) in [6.45, 7) is 0. The van der Waals surface area contributed by atoms with Crippen molar-refractivity contribution in [3.63, 3.8) is 0 Å². The first-order chi connectivity index (χ1) is 16.3. The lowest BCUT2D eigenvalue weighted by molar-refractivity contribution is -0.144. The second-order valence-electron chi connectivity index (χ2n) is 7.52. The molecular formula is C19H32N6O9S. The molecular weight excluding hydrogens is 488 g/mol. The van der Waals surface area contributed by atoms with E-state index in [1.165, 1.54) is 11.8 Å². The Morgan fingerprint density at radius 2 is 1.26 bits per heavy atom. The van der Waals surface area contributed by atoms with Crippen LogP contribution in [0.15, 0.2) is 0 Å². The van der Waals surface area contributed by atoms with Gasteiger partial charge in [0.2, 0.25) is 29.5 Å². The van der Waals surface area contributed by atoms with E-state index in [1.807, 2.05) is 5.32 Å². The molecule has 0 bridgehead atoms. The van der Waals surface area contributed by atoms with Crippen LogP contribution in [-0.4, -0.2) is 87.9 Å². The Bertz CT molecular complexity index is 810. The Balaban J connectivity index is 5.53. The van der Waals surface area contributed by atoms with Gasteiger partial charge in [-0.15, -0.1) is 0 Å². The SMILES string of the molecule is CSCCC(NC(=O)C(N)CCC(N)=O)C(=O)NC(CCC(=O)O)C(=O)NC(CC(N)=O)C(=O)O. The average molecular weight is 521 g/mol. The van der Waals surface area contributed by atoms with Gasteiger partial charge in [-0.25, -0.2) is 4.79 Å². The van der Waals surface area contributed by atoms with Crippen LogP contribution < -0.4 is 33.2 Å². The van der Waals surface area contributed by atoms with Gasteiger partial charge in [0.1, 0.15) is 18.1 Å². The summed E-state index contributed by atoms with van der Waals surface area (Å²) < 4.78 is 0. The number of carbonyl (C=O) groups excluding carboxylic acids is 5. The van der Waals surface area contributed by atoms with Gasteiger partial charge in [-0.2, -0.15) is 11.8 Å². The lowest BCUT2D eigenvalue weighted by atomic mass is 10.1. The molecule has 11 N–H and O–H groups in total. The fourth-order valence-corrected chi connectivity index (χ4v) is 3.17. The zero-order valence-corrected chi connectivity index (χ0v) is 20.0. The van der Waals surface area contributed by atoms with Crippen LogP contribution in [0, 0.1) is 0 Å². The molecule has 0 aromatic rings. The van der Waals surface area contributed by atoms with Gasteiger partial charge >= 0.3 is 11.9 Å². The maximum Gasteiger partial charge on any atom is 0.326 e. The molecule has 0 spiro atoms. The van der Waals surface area contributed by atoms with Gasteiger partial charge in [-0.3, -0.25) is 28.8 Å². The summed E-state index contributed by atoms with van der Waals surface area (Å²) in [6.07, 6.45) is -0.0156. The molecule has 0 aliphatic carbocycles. The van der Waals surface area contributed by atoms with Gasteiger partial charge in [0.05, 0.1) is 12.5 Å². The minimum atomic E-state index is -1.69. The van der Waals surface area contributed by atoms with Crippen LogP contribution in [0.2, 0.25) is 0 Å². The highest BCUT2D eigenvalue weighted by Crippen LogP contribution is 2.06. The number of hydrogen-bond acceptors (Lipinski definition) is 9. The van der Waals surface area contributed by atoms with Crippen molar-refractivity contribution in [3.8, 4) is 0 Å². The van der Waals surface area contributed by atoms with Crippen LogP contribution in [0.3, 0.4) is 0 Å². The molecule has 198 valence electrons. The second kappa shape index (κ2) is 16.3. The predicted octanol–water partition coefficient (Wildman–Crippen LogP) is -3.39. The monoisotopic (exact) mass is 520 g/mol. The van der Waals surface area contributed by atoms with Crippen molar-refractivity contribution in [2.24, 2.45) is 17.2 Å². The van der Waals surface area contributed by atoms with Crippen molar-refractivity contribution < 1.29 is 43.8 Å². The molecule has 0 saturated heterocycles. The molecule has 0 fully saturated rings. The molecule has 4 unspecified atom stereocenters. The number of hydrogen-bond donors (Lipinski definition) is 8. The standard InChI is InChI=1S/C19H32N6O9S/c1-35-7-6-11(23-16(30)9(20)2-4-13(21)26)18(32)24-10(3-5-15(28)29)17(31)25-12(19(33)34)8-14(22)27/h9-12H,2-8,20H2,1H3,(H2,21,26)(H2,22,27)(H,23,30)(H,24,32)(H,25,31)(H,28,29)(H,33,34). The summed E-state index contributed by atoms with van der Waals surface area (Å²) in [5.74, 6) is -6.73. The van der Waals surface area contributed by atoms with Gasteiger partial charge in [0, 0.05) is 12.8 Å². The lowest BCUT2D eigenvalue weighted by Gasteiger charge is -2.25. The number of nitrogens with one attached hydrogen (secondary N) is 3. The predicted molar refractivity (Wildman–Crippen MR) is 124 cm³/mol. The maximum atomic E-state index is 12.9. The van der Waals surface area contributed by atoms with Crippen molar-refractivity contribution in [3.05, 3.63) is 0 Å². The number of primary amides is 2. The van der Waals surface area contributed by atoms with Gasteiger partial charge in [-0.1, -0.05) is 0 Å². The van der Waals surface area contributed by atoms with Crippen molar-refractivity contribution in [2.75, 3.05) is 12.0 Å². The zero-order valence-electron chi connectivity index (χ0n) is 19.2. The number of carbonyl (C=O) groups is 7. The van der Waals surface area contributed by atoms with E-state index in [0.29, 0.717) is 5.75 Å². The van der Waals surface area contributed by atoms with E-state index >= 15 is 0 Å². The summed E-state index contributed by atoms with van der Waals surface area (Å²) in [4.78, 5) is 82.1. The first-order valence-corrected chi connectivity index (χ1v) is 11.8. The van der Waals surface area contributed by atoms with E-state index < -0.39 is 84.9 Å². The number of thioether (sulfide) groups is 1. The van der Waals surface area contributed by atoms with Crippen LogP contribution in [0.4, 0.5) is 0 Å². The van der Waals surface area contributed by atoms with Crippen LogP contribution in [0.1, 0.15) is 38.5 Å². The highest BCUT2D eigenvalue weighted by atomic mass is 32.2. The van der Waals surface area contributed by atoms with E-state index in [2.05, 4.69) is 10.6 Å². The summed E-state index contributed by atoms with van der Waals surface area (Å²) in [7, 11) is 0. The van der Waals surface area contributed by atoms with Gasteiger partial charge < -0.3 is 43.4 Å². The number of rotatable bonds is 18. The molecule has 0 heterocycles. The Hall–Kier alpha value is -3.40. The summed E-state index contributed by atoms with van der Waals surface area (Å²) >= 11 is 1.36. The molecule has 0 aromatic heterocycles. The van der Waals surface area contributed by atoms with E-state index in [0.717, 1.165) is 0 Å². The third-order valence-corrected chi connectivity index (χ3v) is 5.23. The first kappa shape index (κ1) is 31.6. The Morgan fingerprint density at radius 1 is 0.743 bits per heavy atom. The fraction of sp³-hybridized carbons (Fsp3) is 0.632. The molecule has 15 nitrogen and oxygen atoms in total. The third-order valence-electron chi connectivity index (χ3n) is 4.58. The molecule has 16 heteroatoms. The van der Waals surface area contributed by atoms with Gasteiger partial charge in [0.15, 0.2) is 0 Å². The summed E-state index contributed by atoms with van der Waals surface area (Å²) in [6, 6.07) is -5.50. The molecule has 5 amide bonds. The third kappa shape index (κ3) is 13.8. The normalized spacial score (nSPS) is 14.0. The highest BCUT2D eigenvalue weighted by Gasteiger charge is 2.31. The number of carboxylic acid groups (broad SMARTS) is 2. The lowest BCUT2D eigenvalue weighted by Crippen LogP contribution is -2.57. The largest absolute Gasteiger partial charge is 0.481 e. The van der Waals surface area contributed by atoms with Crippen molar-refractivity contribution in [1.82, 2.24) is 16.0 Å².